The largest absolute Gasteiger partial charge is 0.349 e. The maximum absolute atomic E-state index is 10.7. The van der Waals surface area contributed by atoms with Crippen LogP contribution in [-0.4, -0.2) is 60.6 Å². The van der Waals surface area contributed by atoms with Crippen LogP contribution < -0.4 is 9.80 Å². The second-order valence-corrected chi connectivity index (χ2v) is 11.4. The summed E-state index contributed by atoms with van der Waals surface area (Å²) in [6.45, 7) is 4.68. The number of aldehydes is 1. The standard InChI is InChI=1S/C13H16ClN3O.C13H17N5/c1-8-4-9-2-3-10(5-8)17(9)12-6-15-11(7-18)13(14)16-12;1-8-4-9-2-3-10(5-8)18(9)12-7-14-11-6-15-17-13(11)16-12/h6-10H,2-5H2,1H3;6-10H,2-5H2,1H3,(H,15,16,17)/t2*8?,9-,10+. The van der Waals surface area contributed by atoms with Gasteiger partial charge in [0.25, 0.3) is 0 Å². The molecule has 0 amide bonds. The third-order valence-corrected chi connectivity index (χ3v) is 8.74. The summed E-state index contributed by atoms with van der Waals surface area (Å²) in [6, 6.07) is 2.44. The smallest absolute Gasteiger partial charge is 0.176 e. The van der Waals surface area contributed by atoms with Gasteiger partial charge < -0.3 is 9.80 Å². The number of hydrogen-bond donors (Lipinski definition) is 1. The van der Waals surface area contributed by atoms with Crippen LogP contribution in [0.1, 0.15) is 75.7 Å². The SMILES string of the molecule is CC1C[C@H]2CC[C@@H](C1)N2c1cnc(C=O)c(Cl)n1.CC1C[C@H]2CC[C@@H](C1)N2c1cnc2cn[nH]c2n1. The molecule has 0 aliphatic carbocycles. The molecule has 6 atom stereocenters. The number of aromatic amines is 1. The van der Waals surface area contributed by atoms with Gasteiger partial charge >= 0.3 is 0 Å². The molecular formula is C26H33ClN8O. The Morgan fingerprint density at radius 2 is 1.36 bits per heavy atom. The predicted octanol–water partition coefficient (Wildman–Crippen LogP) is 4.83. The van der Waals surface area contributed by atoms with Gasteiger partial charge in [0.05, 0.1) is 18.6 Å². The van der Waals surface area contributed by atoms with Crippen LogP contribution >= 0.6 is 11.6 Å². The van der Waals surface area contributed by atoms with E-state index in [-0.39, 0.29) is 10.8 Å². The number of carbonyl (C=O) groups excluding carboxylic acids is 1. The third-order valence-electron chi connectivity index (χ3n) is 8.47. The Kier molecular flexibility index (Phi) is 6.27. The van der Waals surface area contributed by atoms with E-state index in [9.17, 15) is 4.79 Å². The molecule has 4 bridgehead atoms. The van der Waals surface area contributed by atoms with Crippen LogP contribution in [0.2, 0.25) is 5.15 Å². The van der Waals surface area contributed by atoms with Crippen LogP contribution in [-0.2, 0) is 0 Å². The van der Waals surface area contributed by atoms with Gasteiger partial charge in [0.2, 0.25) is 0 Å². The Balaban J connectivity index is 0.000000133. The number of halogens is 1. The van der Waals surface area contributed by atoms with Crippen molar-refractivity contribution < 1.29 is 4.79 Å². The number of H-pyrrole nitrogens is 1. The van der Waals surface area contributed by atoms with E-state index in [2.05, 4.69) is 53.8 Å². The molecule has 4 aliphatic rings. The molecule has 0 radical (unpaired) electrons. The highest BCUT2D eigenvalue weighted by Crippen LogP contribution is 2.42. The van der Waals surface area contributed by atoms with Crippen molar-refractivity contribution in [3.63, 3.8) is 0 Å². The van der Waals surface area contributed by atoms with Gasteiger partial charge in [-0.15, -0.1) is 0 Å². The van der Waals surface area contributed by atoms with E-state index in [0.717, 1.165) is 34.6 Å². The average molecular weight is 509 g/mol. The molecule has 9 nitrogen and oxygen atoms in total. The summed E-state index contributed by atoms with van der Waals surface area (Å²) in [6.07, 6.45) is 16.0. The van der Waals surface area contributed by atoms with E-state index in [1.54, 1.807) is 12.4 Å². The minimum Gasteiger partial charge on any atom is -0.349 e. The van der Waals surface area contributed by atoms with Gasteiger partial charge in [-0.1, -0.05) is 25.4 Å². The molecular weight excluding hydrogens is 476 g/mol. The van der Waals surface area contributed by atoms with E-state index < -0.39 is 0 Å². The minimum atomic E-state index is 0.209. The summed E-state index contributed by atoms with van der Waals surface area (Å²) < 4.78 is 0. The molecule has 7 heterocycles. The number of rotatable bonds is 3. The summed E-state index contributed by atoms with van der Waals surface area (Å²) in [4.78, 5) is 33.1. The number of carbonyl (C=O) groups is 1. The first kappa shape index (κ1) is 23.6. The zero-order valence-corrected chi connectivity index (χ0v) is 21.6. The second kappa shape index (κ2) is 9.57. The third kappa shape index (κ3) is 4.31. The Labute approximate surface area is 216 Å². The molecule has 10 heteroatoms. The van der Waals surface area contributed by atoms with Crippen LogP contribution in [0.5, 0.6) is 0 Å². The van der Waals surface area contributed by atoms with E-state index >= 15 is 0 Å². The van der Waals surface area contributed by atoms with Crippen LogP contribution in [0, 0.1) is 11.8 Å². The van der Waals surface area contributed by atoms with Crippen molar-refractivity contribution in [2.45, 2.75) is 89.4 Å². The Morgan fingerprint density at radius 3 is 1.89 bits per heavy atom. The van der Waals surface area contributed by atoms with E-state index in [4.69, 9.17) is 11.6 Å². The number of anilines is 2. The van der Waals surface area contributed by atoms with Crippen molar-refractivity contribution in [1.29, 1.82) is 0 Å². The highest BCUT2D eigenvalue weighted by molar-refractivity contribution is 6.31. The highest BCUT2D eigenvalue weighted by Gasteiger charge is 2.41. The summed E-state index contributed by atoms with van der Waals surface area (Å²) >= 11 is 5.96. The van der Waals surface area contributed by atoms with Crippen LogP contribution in [0.25, 0.3) is 11.2 Å². The lowest BCUT2D eigenvalue weighted by molar-refractivity contribution is 0.111. The van der Waals surface area contributed by atoms with Crippen molar-refractivity contribution in [1.82, 2.24) is 30.1 Å². The van der Waals surface area contributed by atoms with Crippen LogP contribution in [0.4, 0.5) is 11.6 Å². The number of hydrogen-bond acceptors (Lipinski definition) is 8. The molecule has 4 aliphatic heterocycles. The molecule has 4 fully saturated rings. The number of fused-ring (bicyclic) bond motifs is 5. The average Bonchev–Trinajstić information content (AvgIpc) is 3.52. The fourth-order valence-corrected chi connectivity index (χ4v) is 7.24. The lowest BCUT2D eigenvalue weighted by Gasteiger charge is -2.38. The molecule has 1 N–H and O–H groups in total. The first-order valence-corrected chi connectivity index (χ1v) is 13.6. The van der Waals surface area contributed by atoms with Crippen molar-refractivity contribution in [3.8, 4) is 0 Å². The first-order chi connectivity index (χ1) is 17.5. The summed E-state index contributed by atoms with van der Waals surface area (Å²) in [5.41, 5.74) is 1.86. The maximum Gasteiger partial charge on any atom is 0.176 e. The number of nitrogens with zero attached hydrogens (tertiary/aromatic N) is 7. The minimum absolute atomic E-state index is 0.209. The Morgan fingerprint density at radius 1 is 0.833 bits per heavy atom. The zero-order valence-electron chi connectivity index (χ0n) is 20.8. The van der Waals surface area contributed by atoms with Crippen LogP contribution in [0.3, 0.4) is 0 Å². The Bertz CT molecular complexity index is 1220. The van der Waals surface area contributed by atoms with Crippen molar-refractivity contribution in [3.05, 3.63) is 29.4 Å². The van der Waals surface area contributed by atoms with E-state index in [1.807, 2.05) is 6.20 Å². The van der Waals surface area contributed by atoms with E-state index in [0.29, 0.717) is 30.5 Å². The Hall–Kier alpha value is -2.81. The molecule has 2 unspecified atom stereocenters. The summed E-state index contributed by atoms with van der Waals surface area (Å²) in [5.74, 6) is 3.48. The fourth-order valence-electron chi connectivity index (χ4n) is 7.06. The van der Waals surface area contributed by atoms with Gasteiger partial charge in [-0.25, -0.2) is 19.9 Å². The molecule has 0 aromatic carbocycles. The van der Waals surface area contributed by atoms with Gasteiger partial charge in [0, 0.05) is 24.2 Å². The first-order valence-electron chi connectivity index (χ1n) is 13.2. The van der Waals surface area contributed by atoms with Crippen LogP contribution in [0.15, 0.2) is 18.6 Å². The number of nitrogens with one attached hydrogen (secondary N) is 1. The summed E-state index contributed by atoms with van der Waals surface area (Å²) in [5, 5.41) is 7.10. The molecule has 36 heavy (non-hydrogen) atoms. The molecule has 3 aromatic heterocycles. The molecule has 0 saturated carbocycles. The maximum atomic E-state index is 10.7. The molecule has 3 aromatic rings. The van der Waals surface area contributed by atoms with Gasteiger partial charge in [-0.3, -0.25) is 9.89 Å². The van der Waals surface area contributed by atoms with Gasteiger partial charge in [-0.2, -0.15) is 5.10 Å². The van der Waals surface area contributed by atoms with Gasteiger partial charge in [0.1, 0.15) is 22.8 Å². The monoisotopic (exact) mass is 508 g/mol. The van der Waals surface area contributed by atoms with Crippen molar-refractivity contribution >= 4 is 40.7 Å². The number of aromatic nitrogens is 6. The molecule has 190 valence electrons. The zero-order chi connectivity index (χ0) is 24.8. The lowest BCUT2D eigenvalue weighted by atomic mass is 9.92. The molecule has 4 saturated heterocycles. The predicted molar refractivity (Wildman–Crippen MR) is 139 cm³/mol. The second-order valence-electron chi connectivity index (χ2n) is 11.1. The van der Waals surface area contributed by atoms with E-state index in [1.165, 1.54) is 51.4 Å². The van der Waals surface area contributed by atoms with Gasteiger partial charge in [0.15, 0.2) is 17.1 Å². The lowest BCUT2D eigenvalue weighted by Crippen LogP contribution is -2.43. The normalized spacial score (nSPS) is 30.9. The highest BCUT2D eigenvalue weighted by atomic mass is 35.5. The molecule has 7 rings (SSSR count). The topological polar surface area (TPSA) is 104 Å². The number of piperidine rings is 2. The summed E-state index contributed by atoms with van der Waals surface area (Å²) in [7, 11) is 0. The molecule has 0 spiro atoms. The van der Waals surface area contributed by atoms with Crippen molar-refractivity contribution in [2.75, 3.05) is 9.80 Å². The quantitative estimate of drug-likeness (QED) is 0.501. The van der Waals surface area contributed by atoms with Gasteiger partial charge in [-0.05, 0) is 63.2 Å². The van der Waals surface area contributed by atoms with Crippen molar-refractivity contribution in [2.24, 2.45) is 11.8 Å². The fraction of sp³-hybridized carbons (Fsp3) is 0.615.